The van der Waals surface area contributed by atoms with Crippen molar-refractivity contribution in [3.05, 3.63) is 12.2 Å². The minimum atomic E-state index is 0.232. The standard InChI is InChI=1S/C13H26N4/c1-6-14-9-13(5,11(3)4)8-12-15-10-16-17(12)7-2/h10-11,14H,6-9H2,1-5H3. The van der Waals surface area contributed by atoms with Crippen LogP contribution in [0.5, 0.6) is 0 Å². The van der Waals surface area contributed by atoms with Gasteiger partial charge >= 0.3 is 0 Å². The molecule has 0 aliphatic rings. The summed E-state index contributed by atoms with van der Waals surface area (Å²) < 4.78 is 1.99. The highest BCUT2D eigenvalue weighted by Crippen LogP contribution is 2.30. The molecule has 17 heavy (non-hydrogen) atoms. The van der Waals surface area contributed by atoms with Gasteiger partial charge in [0.25, 0.3) is 0 Å². The van der Waals surface area contributed by atoms with Crippen LogP contribution in [-0.2, 0) is 13.0 Å². The summed E-state index contributed by atoms with van der Waals surface area (Å²) in [6.07, 6.45) is 2.64. The first-order valence-electron chi connectivity index (χ1n) is 6.61. The van der Waals surface area contributed by atoms with E-state index in [4.69, 9.17) is 0 Å². The van der Waals surface area contributed by atoms with Gasteiger partial charge in [-0.05, 0) is 24.8 Å². The van der Waals surface area contributed by atoms with Gasteiger partial charge in [0.2, 0.25) is 0 Å². The Hall–Kier alpha value is -0.900. The Labute approximate surface area is 105 Å². The quantitative estimate of drug-likeness (QED) is 0.791. The zero-order valence-electron chi connectivity index (χ0n) is 11.8. The lowest BCUT2D eigenvalue weighted by Gasteiger charge is -2.33. The van der Waals surface area contributed by atoms with Gasteiger partial charge in [-0.1, -0.05) is 27.7 Å². The Morgan fingerprint density at radius 2 is 2.12 bits per heavy atom. The molecule has 98 valence electrons. The van der Waals surface area contributed by atoms with Gasteiger partial charge < -0.3 is 5.32 Å². The van der Waals surface area contributed by atoms with Crippen molar-refractivity contribution >= 4 is 0 Å². The fraction of sp³-hybridized carbons (Fsp3) is 0.846. The monoisotopic (exact) mass is 238 g/mol. The Morgan fingerprint density at radius 1 is 1.41 bits per heavy atom. The second-order valence-electron chi connectivity index (χ2n) is 5.26. The molecule has 0 radical (unpaired) electrons. The summed E-state index contributed by atoms with van der Waals surface area (Å²) in [6, 6.07) is 0. The van der Waals surface area contributed by atoms with Crippen molar-refractivity contribution in [3.63, 3.8) is 0 Å². The number of nitrogens with zero attached hydrogens (tertiary/aromatic N) is 3. The molecule has 1 rings (SSSR count). The lowest BCUT2D eigenvalue weighted by atomic mass is 9.76. The van der Waals surface area contributed by atoms with Crippen LogP contribution in [0.2, 0.25) is 0 Å². The number of hydrogen-bond donors (Lipinski definition) is 1. The highest BCUT2D eigenvalue weighted by molar-refractivity contribution is 4.94. The maximum atomic E-state index is 4.39. The molecule has 0 aliphatic heterocycles. The van der Waals surface area contributed by atoms with Crippen LogP contribution < -0.4 is 5.32 Å². The smallest absolute Gasteiger partial charge is 0.138 e. The first-order valence-corrected chi connectivity index (χ1v) is 6.61. The van der Waals surface area contributed by atoms with Gasteiger partial charge in [-0.3, -0.25) is 4.68 Å². The van der Waals surface area contributed by atoms with Crippen LogP contribution in [0.25, 0.3) is 0 Å². The number of hydrogen-bond acceptors (Lipinski definition) is 3. The lowest BCUT2D eigenvalue weighted by molar-refractivity contribution is 0.202. The Balaban J connectivity index is 2.79. The summed E-state index contributed by atoms with van der Waals surface area (Å²) in [4.78, 5) is 4.39. The molecule has 4 nitrogen and oxygen atoms in total. The van der Waals surface area contributed by atoms with Gasteiger partial charge in [0.05, 0.1) is 0 Å². The average Bonchev–Trinajstić information content (AvgIpc) is 2.73. The van der Waals surface area contributed by atoms with Crippen molar-refractivity contribution in [1.29, 1.82) is 0 Å². The summed E-state index contributed by atoms with van der Waals surface area (Å²) in [7, 11) is 0. The highest BCUT2D eigenvalue weighted by Gasteiger charge is 2.30. The highest BCUT2D eigenvalue weighted by atomic mass is 15.3. The van der Waals surface area contributed by atoms with E-state index >= 15 is 0 Å². The lowest BCUT2D eigenvalue weighted by Crippen LogP contribution is -2.38. The topological polar surface area (TPSA) is 42.7 Å². The van der Waals surface area contributed by atoms with E-state index < -0.39 is 0 Å². The zero-order valence-corrected chi connectivity index (χ0v) is 11.8. The molecule has 0 aliphatic carbocycles. The van der Waals surface area contributed by atoms with Crippen LogP contribution >= 0.6 is 0 Å². The summed E-state index contributed by atoms with van der Waals surface area (Å²) in [5.74, 6) is 1.71. The molecule has 1 N–H and O–H groups in total. The summed E-state index contributed by atoms with van der Waals surface area (Å²) in [6.45, 7) is 14.1. The molecule has 1 aromatic rings. The number of nitrogens with one attached hydrogen (secondary N) is 1. The predicted octanol–water partition coefficient (Wildman–Crippen LogP) is 2.11. The molecule has 1 unspecified atom stereocenters. The maximum Gasteiger partial charge on any atom is 0.138 e. The third-order valence-electron chi connectivity index (χ3n) is 3.73. The molecule has 0 amide bonds. The van der Waals surface area contributed by atoms with Crippen LogP contribution in [0.1, 0.15) is 40.4 Å². The van der Waals surface area contributed by atoms with Crippen molar-refractivity contribution in [2.75, 3.05) is 13.1 Å². The molecule has 0 bridgehead atoms. The first-order chi connectivity index (χ1) is 8.03. The third-order valence-corrected chi connectivity index (χ3v) is 3.73. The van der Waals surface area contributed by atoms with Crippen molar-refractivity contribution in [3.8, 4) is 0 Å². The van der Waals surface area contributed by atoms with Crippen LogP contribution in [-0.4, -0.2) is 27.9 Å². The average molecular weight is 238 g/mol. The van der Waals surface area contributed by atoms with Gasteiger partial charge in [-0.2, -0.15) is 5.10 Å². The van der Waals surface area contributed by atoms with E-state index in [0.29, 0.717) is 5.92 Å². The molecule has 1 atom stereocenters. The van der Waals surface area contributed by atoms with Crippen molar-refractivity contribution in [1.82, 2.24) is 20.1 Å². The molecule has 1 aromatic heterocycles. The van der Waals surface area contributed by atoms with Crippen molar-refractivity contribution < 1.29 is 0 Å². The van der Waals surface area contributed by atoms with E-state index in [9.17, 15) is 0 Å². The predicted molar refractivity (Wildman–Crippen MR) is 70.9 cm³/mol. The Kier molecular flexibility index (Phi) is 5.12. The zero-order chi connectivity index (χ0) is 12.9. The molecule has 1 heterocycles. The fourth-order valence-electron chi connectivity index (χ4n) is 1.93. The molecule has 0 saturated carbocycles. The molecular weight excluding hydrogens is 212 g/mol. The van der Waals surface area contributed by atoms with Crippen molar-refractivity contribution in [2.24, 2.45) is 11.3 Å². The second-order valence-corrected chi connectivity index (χ2v) is 5.26. The summed E-state index contributed by atoms with van der Waals surface area (Å²) in [5.41, 5.74) is 0.232. The van der Waals surface area contributed by atoms with E-state index in [0.717, 1.165) is 31.9 Å². The van der Waals surface area contributed by atoms with Crippen LogP contribution in [0, 0.1) is 11.3 Å². The Morgan fingerprint density at radius 3 is 2.65 bits per heavy atom. The van der Waals surface area contributed by atoms with Gasteiger partial charge in [0.1, 0.15) is 12.2 Å². The number of aromatic nitrogens is 3. The number of aryl methyl sites for hydroxylation is 1. The maximum absolute atomic E-state index is 4.39. The Bertz CT molecular complexity index is 332. The minimum absolute atomic E-state index is 0.232. The number of rotatable bonds is 7. The molecule has 0 saturated heterocycles. The van der Waals surface area contributed by atoms with E-state index in [1.807, 2.05) is 4.68 Å². The van der Waals surface area contributed by atoms with Crippen LogP contribution in [0.4, 0.5) is 0 Å². The molecular formula is C13H26N4. The van der Waals surface area contributed by atoms with E-state index in [1.54, 1.807) is 6.33 Å². The summed E-state index contributed by atoms with van der Waals surface area (Å²) >= 11 is 0. The van der Waals surface area contributed by atoms with E-state index in [1.165, 1.54) is 0 Å². The normalized spacial score (nSPS) is 15.2. The van der Waals surface area contributed by atoms with Gasteiger partial charge in [-0.15, -0.1) is 0 Å². The first kappa shape index (κ1) is 14.2. The third kappa shape index (κ3) is 3.53. The largest absolute Gasteiger partial charge is 0.316 e. The van der Waals surface area contributed by atoms with Gasteiger partial charge in [0.15, 0.2) is 0 Å². The molecule has 0 spiro atoms. The van der Waals surface area contributed by atoms with Crippen molar-refractivity contribution in [2.45, 2.75) is 47.6 Å². The SMILES string of the molecule is CCNCC(C)(Cc1ncnn1CC)C(C)C. The van der Waals surface area contributed by atoms with Crippen LogP contribution in [0.3, 0.4) is 0 Å². The summed E-state index contributed by atoms with van der Waals surface area (Å²) in [5, 5.41) is 7.71. The van der Waals surface area contributed by atoms with Gasteiger partial charge in [-0.25, -0.2) is 4.98 Å². The minimum Gasteiger partial charge on any atom is -0.316 e. The van der Waals surface area contributed by atoms with E-state index in [2.05, 4.69) is 50.0 Å². The molecule has 0 aromatic carbocycles. The van der Waals surface area contributed by atoms with Crippen LogP contribution in [0.15, 0.2) is 6.33 Å². The fourth-order valence-corrected chi connectivity index (χ4v) is 1.93. The van der Waals surface area contributed by atoms with Gasteiger partial charge in [0, 0.05) is 19.5 Å². The van der Waals surface area contributed by atoms with E-state index in [-0.39, 0.29) is 5.41 Å². The molecule has 4 heteroatoms. The molecule has 0 fully saturated rings. The second kappa shape index (κ2) is 6.15.